The summed E-state index contributed by atoms with van der Waals surface area (Å²) in [5.41, 5.74) is 1.12. The van der Waals surface area contributed by atoms with Gasteiger partial charge in [-0.15, -0.1) is 12.4 Å². The van der Waals surface area contributed by atoms with E-state index < -0.39 is 10.0 Å². The van der Waals surface area contributed by atoms with Gasteiger partial charge in [0, 0.05) is 25.2 Å². The number of methoxy groups -OCH3 is 1. The van der Waals surface area contributed by atoms with Crippen molar-refractivity contribution in [3.8, 4) is 5.75 Å². The van der Waals surface area contributed by atoms with Gasteiger partial charge in [0.15, 0.2) is 5.13 Å². The molecule has 196 valence electrons. The highest BCUT2D eigenvalue weighted by Crippen LogP contribution is 2.34. The first kappa shape index (κ1) is 28.3. The summed E-state index contributed by atoms with van der Waals surface area (Å²) < 4.78 is 38.9. The van der Waals surface area contributed by atoms with Crippen LogP contribution in [0.3, 0.4) is 0 Å². The maximum absolute atomic E-state index is 13.6. The lowest BCUT2D eigenvalue weighted by Crippen LogP contribution is -2.40. The fourth-order valence-electron chi connectivity index (χ4n) is 3.88. The number of nitrogens with zero attached hydrogens (tertiary/aromatic N) is 4. The third-order valence-electron chi connectivity index (χ3n) is 5.76. The largest absolute Gasteiger partial charge is 0.494 e. The van der Waals surface area contributed by atoms with Crippen molar-refractivity contribution in [1.29, 1.82) is 0 Å². The third kappa shape index (κ3) is 6.16. The maximum atomic E-state index is 13.6. The number of carbonyl (C=O) groups is 1. The lowest BCUT2D eigenvalue weighted by atomic mass is 10.2. The van der Waals surface area contributed by atoms with E-state index in [1.807, 2.05) is 32.3 Å². The molecule has 0 saturated carbocycles. The number of anilines is 1. The molecule has 1 aliphatic rings. The van der Waals surface area contributed by atoms with E-state index in [9.17, 15) is 13.2 Å². The second-order valence-electron chi connectivity index (χ2n) is 8.46. The van der Waals surface area contributed by atoms with Crippen LogP contribution in [-0.4, -0.2) is 89.1 Å². The molecule has 1 aliphatic heterocycles. The summed E-state index contributed by atoms with van der Waals surface area (Å²) in [6.07, 6.45) is 0.759. The van der Waals surface area contributed by atoms with Gasteiger partial charge in [0.2, 0.25) is 10.0 Å². The van der Waals surface area contributed by atoms with Crippen LogP contribution in [0.5, 0.6) is 5.75 Å². The molecule has 0 spiro atoms. The van der Waals surface area contributed by atoms with E-state index in [2.05, 4.69) is 4.90 Å². The Morgan fingerprint density at radius 1 is 1.11 bits per heavy atom. The van der Waals surface area contributed by atoms with Crippen molar-refractivity contribution >= 4 is 55.0 Å². The lowest BCUT2D eigenvalue weighted by Gasteiger charge is -2.26. The van der Waals surface area contributed by atoms with Crippen molar-refractivity contribution in [2.45, 2.75) is 11.3 Å². The number of benzene rings is 2. The van der Waals surface area contributed by atoms with Crippen molar-refractivity contribution in [3.63, 3.8) is 0 Å². The molecule has 1 aromatic heterocycles. The fourth-order valence-corrected chi connectivity index (χ4v) is 6.30. The molecule has 0 bridgehead atoms. The number of amides is 1. The standard InChI is InChI=1S/C24H30N4O5S2.ClH/c1-26(2)12-5-13-28(24-25-22-20(32-3)6-4-7-21(22)34-24)23(29)18-8-10-19(11-9-18)35(30,31)27-14-16-33-17-15-27;/h4,6-11H,5,12-17H2,1-3H3;1H. The van der Waals surface area contributed by atoms with Gasteiger partial charge in [0.1, 0.15) is 11.3 Å². The Balaban J connectivity index is 0.00000361. The number of morpholine rings is 1. The van der Waals surface area contributed by atoms with Gasteiger partial charge >= 0.3 is 0 Å². The smallest absolute Gasteiger partial charge is 0.260 e. The number of hydrogen-bond donors (Lipinski definition) is 0. The summed E-state index contributed by atoms with van der Waals surface area (Å²) >= 11 is 1.43. The number of para-hydroxylation sites is 1. The molecule has 0 N–H and O–H groups in total. The molecule has 4 rings (SSSR count). The Labute approximate surface area is 222 Å². The number of fused-ring (bicyclic) bond motifs is 1. The predicted molar refractivity (Wildman–Crippen MR) is 144 cm³/mol. The molecule has 3 aromatic rings. The summed E-state index contributed by atoms with van der Waals surface area (Å²) in [5, 5.41) is 0.582. The Morgan fingerprint density at radius 3 is 2.44 bits per heavy atom. The maximum Gasteiger partial charge on any atom is 0.260 e. The zero-order chi connectivity index (χ0) is 25.0. The van der Waals surface area contributed by atoms with Crippen LogP contribution in [0.4, 0.5) is 5.13 Å². The van der Waals surface area contributed by atoms with Crippen molar-refractivity contribution in [3.05, 3.63) is 48.0 Å². The summed E-state index contributed by atoms with van der Waals surface area (Å²) in [6, 6.07) is 11.8. The molecular weight excluding hydrogens is 524 g/mol. The van der Waals surface area contributed by atoms with Gasteiger partial charge in [-0.1, -0.05) is 17.4 Å². The molecule has 0 radical (unpaired) electrons. The van der Waals surface area contributed by atoms with Gasteiger partial charge in [-0.3, -0.25) is 9.69 Å². The topological polar surface area (TPSA) is 92.3 Å². The average molecular weight is 555 g/mol. The number of aromatic nitrogens is 1. The first-order chi connectivity index (χ1) is 16.8. The van der Waals surface area contributed by atoms with E-state index >= 15 is 0 Å². The molecule has 1 fully saturated rings. The quantitative estimate of drug-likeness (QED) is 0.400. The van der Waals surface area contributed by atoms with E-state index in [-0.39, 0.29) is 23.2 Å². The van der Waals surface area contributed by atoms with Gasteiger partial charge in [0.05, 0.1) is 29.9 Å². The minimum absolute atomic E-state index is 0. The van der Waals surface area contributed by atoms with Crippen LogP contribution in [-0.2, 0) is 14.8 Å². The summed E-state index contributed by atoms with van der Waals surface area (Å²) in [7, 11) is 1.95. The third-order valence-corrected chi connectivity index (χ3v) is 8.72. The first-order valence-corrected chi connectivity index (χ1v) is 13.6. The molecule has 2 heterocycles. The van der Waals surface area contributed by atoms with E-state index in [1.165, 1.54) is 27.8 Å². The molecule has 2 aromatic carbocycles. The molecule has 1 saturated heterocycles. The molecular formula is C24H31ClN4O5S2. The highest BCUT2D eigenvalue weighted by Gasteiger charge is 2.27. The van der Waals surface area contributed by atoms with E-state index in [1.54, 1.807) is 24.1 Å². The zero-order valence-corrected chi connectivity index (χ0v) is 23.0. The van der Waals surface area contributed by atoms with Crippen molar-refractivity contribution in [1.82, 2.24) is 14.2 Å². The van der Waals surface area contributed by atoms with E-state index in [0.717, 1.165) is 17.7 Å². The Bertz CT molecular complexity index is 1280. The minimum Gasteiger partial charge on any atom is -0.494 e. The summed E-state index contributed by atoms with van der Waals surface area (Å²) in [6.45, 7) is 2.70. The predicted octanol–water partition coefficient (Wildman–Crippen LogP) is 3.35. The van der Waals surface area contributed by atoms with E-state index in [4.69, 9.17) is 14.5 Å². The average Bonchev–Trinajstić information content (AvgIpc) is 3.31. The summed E-state index contributed by atoms with van der Waals surface area (Å²) in [5.74, 6) is 0.431. The minimum atomic E-state index is -3.63. The van der Waals surface area contributed by atoms with Crippen LogP contribution in [0, 0.1) is 0 Å². The molecule has 0 atom stereocenters. The highest BCUT2D eigenvalue weighted by atomic mass is 35.5. The first-order valence-electron chi connectivity index (χ1n) is 11.4. The lowest BCUT2D eigenvalue weighted by molar-refractivity contribution is 0.0730. The van der Waals surface area contributed by atoms with Crippen molar-refractivity contribution < 1.29 is 22.7 Å². The summed E-state index contributed by atoms with van der Waals surface area (Å²) in [4.78, 5) is 22.2. The van der Waals surface area contributed by atoms with Gasteiger partial charge in [-0.25, -0.2) is 13.4 Å². The van der Waals surface area contributed by atoms with Gasteiger partial charge in [-0.2, -0.15) is 4.31 Å². The number of hydrogen-bond acceptors (Lipinski definition) is 8. The number of ether oxygens (including phenoxy) is 2. The molecule has 1 amide bonds. The monoisotopic (exact) mass is 554 g/mol. The number of thiazole rings is 1. The molecule has 12 heteroatoms. The van der Waals surface area contributed by atoms with Gasteiger partial charge < -0.3 is 14.4 Å². The normalized spacial score (nSPS) is 14.6. The molecule has 36 heavy (non-hydrogen) atoms. The number of carbonyl (C=O) groups excluding carboxylic acids is 1. The Morgan fingerprint density at radius 2 is 1.81 bits per heavy atom. The Kier molecular flexibility index (Phi) is 9.67. The van der Waals surface area contributed by atoms with Crippen LogP contribution in [0.25, 0.3) is 10.2 Å². The van der Waals surface area contributed by atoms with Crippen LogP contribution < -0.4 is 9.64 Å². The SMILES string of the molecule is COc1cccc2sc(N(CCCN(C)C)C(=O)c3ccc(S(=O)(=O)N4CCOCC4)cc3)nc12.Cl. The second kappa shape index (κ2) is 12.3. The van der Waals surface area contributed by atoms with Gasteiger partial charge in [0.25, 0.3) is 5.91 Å². The molecule has 0 unspecified atom stereocenters. The van der Waals surface area contributed by atoms with Crippen LogP contribution in [0.15, 0.2) is 47.4 Å². The number of sulfonamides is 1. The number of halogens is 1. The second-order valence-corrected chi connectivity index (χ2v) is 11.4. The zero-order valence-electron chi connectivity index (χ0n) is 20.5. The highest BCUT2D eigenvalue weighted by molar-refractivity contribution is 7.89. The number of rotatable bonds is 9. The van der Waals surface area contributed by atoms with Gasteiger partial charge in [-0.05, 0) is 63.5 Å². The molecule has 9 nitrogen and oxygen atoms in total. The van der Waals surface area contributed by atoms with Crippen LogP contribution in [0.2, 0.25) is 0 Å². The Hall–Kier alpha value is -2.28. The van der Waals surface area contributed by atoms with Crippen LogP contribution >= 0.6 is 23.7 Å². The molecule has 0 aliphatic carbocycles. The van der Waals surface area contributed by atoms with Crippen molar-refractivity contribution in [2.75, 3.05) is 65.5 Å². The van der Waals surface area contributed by atoms with Crippen LogP contribution in [0.1, 0.15) is 16.8 Å². The van der Waals surface area contributed by atoms with Crippen molar-refractivity contribution in [2.24, 2.45) is 0 Å². The fraction of sp³-hybridized carbons (Fsp3) is 0.417. The van der Waals surface area contributed by atoms with E-state index in [0.29, 0.717) is 54.8 Å².